The molecular formula is C42H16BF20N. The number of pyridine rings is 1. The van der Waals surface area contributed by atoms with Crippen molar-refractivity contribution in [1.82, 2.24) is 0 Å². The quantitative estimate of drug-likeness (QED) is 0.0494. The highest BCUT2D eigenvalue weighted by atomic mass is 19.2. The third-order valence-corrected chi connectivity index (χ3v) is 10.1. The smallest absolute Gasteiger partial charge is 0.207 e. The van der Waals surface area contributed by atoms with Crippen molar-refractivity contribution in [3.05, 3.63) is 201 Å². The Kier molecular flexibility index (Phi) is 12.7. The van der Waals surface area contributed by atoms with Crippen LogP contribution in [-0.2, 0) is 6.54 Å². The van der Waals surface area contributed by atoms with E-state index in [9.17, 15) is 52.7 Å². The van der Waals surface area contributed by atoms with Crippen LogP contribution >= 0.6 is 0 Å². The molecule has 0 aliphatic heterocycles. The van der Waals surface area contributed by atoms with E-state index in [0.29, 0.717) is 0 Å². The van der Waals surface area contributed by atoms with Crippen LogP contribution in [0.1, 0.15) is 11.3 Å². The zero-order chi connectivity index (χ0) is 47.4. The SMILES string of the molecule is C=Cc1c2ccccc2cc[n+]1Cc1ccccc1.Fc1c(F)c(F)c([B-](c2c(F)c(F)c(F)c(F)c2F)(c2c(F)c(F)c(F)c(F)c2F)c2c(F)c(F)c(F)c(F)c2F)c(F)c1F. The highest BCUT2D eigenvalue weighted by Crippen LogP contribution is 2.31. The molecule has 332 valence electrons. The minimum absolute atomic E-state index is 0.868. The fourth-order valence-electron chi connectivity index (χ4n) is 7.30. The Hall–Kier alpha value is -6.87. The summed E-state index contributed by atoms with van der Waals surface area (Å²) in [6.45, 7) is 4.83. The first-order valence-corrected chi connectivity index (χ1v) is 17.4. The number of hydrogen-bond acceptors (Lipinski definition) is 0. The molecule has 0 aliphatic rings. The van der Waals surface area contributed by atoms with Crippen LogP contribution in [-0.4, -0.2) is 6.15 Å². The molecule has 0 saturated heterocycles. The van der Waals surface area contributed by atoms with Crippen LogP contribution in [0.4, 0.5) is 87.8 Å². The van der Waals surface area contributed by atoms with Gasteiger partial charge in [-0.05, 0) is 11.5 Å². The second-order valence-electron chi connectivity index (χ2n) is 13.4. The van der Waals surface area contributed by atoms with Crippen molar-refractivity contribution in [2.75, 3.05) is 0 Å². The molecule has 0 unspecified atom stereocenters. The highest BCUT2D eigenvalue weighted by Gasteiger charge is 2.52. The van der Waals surface area contributed by atoms with Gasteiger partial charge in [0.05, 0.1) is 5.39 Å². The molecule has 0 saturated carbocycles. The standard InChI is InChI=1S/C24BF20.C18H16N/c26-5-1(6(27)14(35)21(42)13(5)34)25(2-7(28)15(36)22(43)16(37)8(2)29,3-9(30)17(38)23(44)18(39)10(3)31)4-11(32)19(40)24(45)20(41)12(4)33;1-2-18-17-11-7-6-10-16(17)12-13-19(18)14-15-8-4-3-5-9-15/h;2-13H,1,14H2/q-1;+1. The van der Waals surface area contributed by atoms with Gasteiger partial charge in [-0.25, -0.2) is 87.8 Å². The van der Waals surface area contributed by atoms with Gasteiger partial charge in [0, 0.05) is 17.7 Å². The number of benzene rings is 6. The monoisotopic (exact) mass is 925 g/mol. The summed E-state index contributed by atoms with van der Waals surface area (Å²) in [4.78, 5) is 0. The Bertz CT molecular complexity index is 2670. The summed E-state index contributed by atoms with van der Waals surface area (Å²) >= 11 is 0. The molecule has 22 heteroatoms. The molecule has 0 spiro atoms. The molecular weight excluding hydrogens is 909 g/mol. The minimum atomic E-state index is -7.22. The normalized spacial score (nSPS) is 11.6. The maximum Gasteiger partial charge on any atom is 0.212 e. The van der Waals surface area contributed by atoms with Gasteiger partial charge in [-0.15, -0.1) is 21.9 Å². The fourth-order valence-corrected chi connectivity index (χ4v) is 7.30. The van der Waals surface area contributed by atoms with E-state index in [0.717, 1.165) is 6.54 Å². The molecule has 1 heterocycles. The Morgan fingerprint density at radius 3 is 0.953 bits per heavy atom. The zero-order valence-corrected chi connectivity index (χ0v) is 30.9. The average molecular weight is 925 g/mol. The number of fused-ring (bicyclic) bond motifs is 1. The zero-order valence-electron chi connectivity index (χ0n) is 30.9. The maximum atomic E-state index is 15.4. The number of halogens is 20. The lowest BCUT2D eigenvalue weighted by atomic mass is 9.12. The maximum absolute atomic E-state index is 15.4. The molecule has 0 radical (unpaired) electrons. The van der Waals surface area contributed by atoms with E-state index in [1.807, 2.05) is 12.1 Å². The second-order valence-corrected chi connectivity index (χ2v) is 13.4. The van der Waals surface area contributed by atoms with E-state index in [1.54, 1.807) is 0 Å². The molecule has 7 aromatic rings. The topological polar surface area (TPSA) is 3.88 Å². The van der Waals surface area contributed by atoms with E-state index in [2.05, 4.69) is 71.9 Å². The lowest BCUT2D eigenvalue weighted by Crippen LogP contribution is -2.81. The number of nitrogens with zero attached hydrogens (tertiary/aromatic N) is 1. The molecule has 0 aliphatic carbocycles. The first-order chi connectivity index (χ1) is 30.1. The Morgan fingerprint density at radius 1 is 0.359 bits per heavy atom. The predicted molar refractivity (Wildman–Crippen MR) is 189 cm³/mol. The van der Waals surface area contributed by atoms with E-state index in [4.69, 9.17) is 0 Å². The van der Waals surface area contributed by atoms with Gasteiger partial charge in [0.1, 0.15) is 52.7 Å². The van der Waals surface area contributed by atoms with Gasteiger partial charge in [0.2, 0.25) is 5.69 Å². The first kappa shape index (κ1) is 46.6. The average Bonchev–Trinajstić information content (AvgIpc) is 3.29. The molecule has 7 rings (SSSR count). The summed E-state index contributed by atoms with van der Waals surface area (Å²) in [5, 5.41) is 2.50. The van der Waals surface area contributed by atoms with Crippen molar-refractivity contribution in [2.24, 2.45) is 0 Å². The highest BCUT2D eigenvalue weighted by molar-refractivity contribution is 7.20. The largest absolute Gasteiger partial charge is 0.212 e. The van der Waals surface area contributed by atoms with Crippen LogP contribution in [0.15, 0.2) is 73.4 Å². The summed E-state index contributed by atoms with van der Waals surface area (Å²) in [6, 6.07) is 21.1. The van der Waals surface area contributed by atoms with E-state index in [1.165, 1.54) is 22.0 Å². The van der Waals surface area contributed by atoms with Gasteiger partial charge in [-0.3, -0.25) is 0 Å². The van der Waals surface area contributed by atoms with Crippen LogP contribution in [0, 0.1) is 116 Å². The van der Waals surface area contributed by atoms with Crippen molar-refractivity contribution in [3.63, 3.8) is 0 Å². The van der Waals surface area contributed by atoms with Crippen molar-refractivity contribution in [2.45, 2.75) is 6.54 Å². The molecule has 0 fully saturated rings. The number of aromatic nitrogens is 1. The van der Waals surface area contributed by atoms with Crippen molar-refractivity contribution < 1.29 is 92.4 Å². The van der Waals surface area contributed by atoms with Crippen LogP contribution in [0.25, 0.3) is 16.8 Å². The molecule has 0 atom stereocenters. The van der Waals surface area contributed by atoms with Gasteiger partial charge >= 0.3 is 0 Å². The predicted octanol–water partition coefficient (Wildman–Crippen LogP) is 9.66. The number of rotatable bonds is 7. The van der Waals surface area contributed by atoms with Crippen molar-refractivity contribution in [3.8, 4) is 0 Å². The summed E-state index contributed by atoms with van der Waals surface area (Å²) in [7, 11) is 0. The van der Waals surface area contributed by atoms with E-state index in [-0.39, 0.29) is 0 Å². The van der Waals surface area contributed by atoms with Crippen molar-refractivity contribution in [1.29, 1.82) is 0 Å². The molecule has 1 nitrogen and oxygen atoms in total. The molecule has 0 amide bonds. The van der Waals surface area contributed by atoms with Gasteiger partial charge in [0.15, 0.2) is 82.5 Å². The van der Waals surface area contributed by atoms with E-state index < -0.39 is 144 Å². The fraction of sp³-hybridized carbons (Fsp3) is 0.0238. The van der Waals surface area contributed by atoms with Crippen LogP contribution in [0.2, 0.25) is 0 Å². The van der Waals surface area contributed by atoms with Crippen LogP contribution < -0.4 is 26.4 Å². The van der Waals surface area contributed by atoms with E-state index >= 15 is 35.1 Å². The Balaban J connectivity index is 0.000000295. The minimum Gasteiger partial charge on any atom is -0.207 e. The third kappa shape index (κ3) is 7.07. The Labute approximate surface area is 344 Å². The summed E-state index contributed by atoms with van der Waals surface area (Å²) in [5.41, 5.74) is -11.9. The molecule has 0 bridgehead atoms. The van der Waals surface area contributed by atoms with Crippen LogP contribution in [0.5, 0.6) is 0 Å². The third-order valence-electron chi connectivity index (χ3n) is 10.1. The van der Waals surface area contributed by atoms with Crippen LogP contribution in [0.3, 0.4) is 0 Å². The van der Waals surface area contributed by atoms with Crippen molar-refractivity contribution >= 4 is 44.8 Å². The Morgan fingerprint density at radius 2 is 0.641 bits per heavy atom. The number of hydrogen-bond donors (Lipinski definition) is 0. The van der Waals surface area contributed by atoms with Gasteiger partial charge in [-0.2, -0.15) is 4.57 Å². The lowest BCUT2D eigenvalue weighted by molar-refractivity contribution is -0.688. The summed E-state index contributed by atoms with van der Waals surface area (Å²) in [5.74, 6) is -71.4. The molecule has 6 aromatic carbocycles. The summed E-state index contributed by atoms with van der Waals surface area (Å²) in [6.07, 6.45) is -3.15. The molecule has 64 heavy (non-hydrogen) atoms. The van der Waals surface area contributed by atoms with Gasteiger partial charge in [-0.1, -0.05) is 55.1 Å². The lowest BCUT2D eigenvalue weighted by Gasteiger charge is -2.44. The molecule has 1 aromatic heterocycles. The summed E-state index contributed by atoms with van der Waals surface area (Å²) < 4.78 is 296. The second kappa shape index (κ2) is 17.4. The first-order valence-electron chi connectivity index (χ1n) is 17.4. The molecule has 0 N–H and O–H groups in total. The van der Waals surface area contributed by atoms with Gasteiger partial charge < -0.3 is 0 Å². The van der Waals surface area contributed by atoms with Gasteiger partial charge in [0.25, 0.3) is 0 Å².